The summed E-state index contributed by atoms with van der Waals surface area (Å²) in [5.74, 6) is -0.592. The van der Waals surface area contributed by atoms with Gasteiger partial charge < -0.3 is 19.7 Å². The third-order valence-electron chi connectivity index (χ3n) is 7.90. The number of aromatic nitrogens is 1. The Morgan fingerprint density at radius 3 is 2.59 bits per heavy atom. The molecule has 0 spiro atoms. The van der Waals surface area contributed by atoms with Crippen LogP contribution in [-0.4, -0.2) is 100 Å². The van der Waals surface area contributed by atoms with Gasteiger partial charge in [0, 0.05) is 52.6 Å². The van der Waals surface area contributed by atoms with Crippen molar-refractivity contribution in [1.29, 1.82) is 0 Å². The van der Waals surface area contributed by atoms with Crippen molar-refractivity contribution in [1.82, 2.24) is 19.5 Å². The number of anilines is 1. The fourth-order valence-electron chi connectivity index (χ4n) is 5.62. The summed E-state index contributed by atoms with van der Waals surface area (Å²) in [7, 11) is -4.05. The second-order valence-corrected chi connectivity index (χ2v) is 14.9. The lowest BCUT2D eigenvalue weighted by Crippen LogP contribution is -2.55. The van der Waals surface area contributed by atoms with Gasteiger partial charge in [0.05, 0.1) is 34.1 Å². The highest BCUT2D eigenvalue weighted by molar-refractivity contribution is 7.89. The van der Waals surface area contributed by atoms with Gasteiger partial charge >= 0.3 is 5.97 Å². The van der Waals surface area contributed by atoms with Gasteiger partial charge in [0.2, 0.25) is 15.9 Å². The van der Waals surface area contributed by atoms with Gasteiger partial charge in [0.15, 0.2) is 0 Å². The largest absolute Gasteiger partial charge is 0.463 e. The molecule has 1 fully saturated rings. The topological polar surface area (TPSA) is 130 Å². The normalized spacial score (nSPS) is 17.6. The van der Waals surface area contributed by atoms with Crippen LogP contribution in [0.1, 0.15) is 31.3 Å². The first-order chi connectivity index (χ1) is 21.0. The summed E-state index contributed by atoms with van der Waals surface area (Å²) in [5.41, 5.74) is 2.39. The number of amides is 1. The molecule has 1 atom stereocenters. The highest BCUT2D eigenvalue weighted by Crippen LogP contribution is 2.36. The van der Waals surface area contributed by atoms with Gasteiger partial charge in [-0.05, 0) is 35.6 Å². The molecule has 1 aromatic heterocycles. The lowest BCUT2D eigenvalue weighted by atomic mass is 9.82. The number of hydrogen-bond acceptors (Lipinski definition) is 10. The summed E-state index contributed by atoms with van der Waals surface area (Å²) in [6.45, 7) is 10.3. The molecule has 0 radical (unpaired) electrons. The van der Waals surface area contributed by atoms with E-state index >= 15 is 0 Å². The van der Waals surface area contributed by atoms with E-state index in [-0.39, 0.29) is 35.2 Å². The molecule has 238 valence electrons. The summed E-state index contributed by atoms with van der Waals surface area (Å²) in [5, 5.41) is 4.04. The molecule has 44 heavy (non-hydrogen) atoms. The standard InChI is InChI=1S/C31H41N5O6S2/c1-22(37)42-18-17-41-16-15-35-11-13-36(14-12-35)30(38)25(19-28-33-24-8-4-5-9-26(24)43-28)34-44(39,40)27-10-6-7-23-20-31(2,3)21-32-29(23)27/h4-10,25,32,34H,11-21H2,1-3H3. The second-order valence-electron chi connectivity index (χ2n) is 12.1. The first kappa shape index (κ1) is 32.3. The van der Waals surface area contributed by atoms with E-state index < -0.39 is 16.1 Å². The first-order valence-corrected chi connectivity index (χ1v) is 17.3. The van der Waals surface area contributed by atoms with E-state index in [9.17, 15) is 18.0 Å². The molecule has 3 heterocycles. The second kappa shape index (κ2) is 13.9. The van der Waals surface area contributed by atoms with Crippen LogP contribution < -0.4 is 10.0 Å². The Bertz CT molecular complexity index is 1550. The maximum Gasteiger partial charge on any atom is 0.302 e. The van der Waals surface area contributed by atoms with Crippen LogP contribution in [0.3, 0.4) is 0 Å². The number of ether oxygens (including phenoxy) is 2. The highest BCUT2D eigenvalue weighted by atomic mass is 32.2. The van der Waals surface area contributed by atoms with E-state index in [2.05, 4.69) is 28.8 Å². The number of carbonyl (C=O) groups is 2. The summed E-state index contributed by atoms with van der Waals surface area (Å²) < 4.78 is 42.0. The van der Waals surface area contributed by atoms with Crippen LogP contribution in [-0.2, 0) is 41.9 Å². The van der Waals surface area contributed by atoms with Crippen LogP contribution >= 0.6 is 11.3 Å². The number of esters is 1. The number of fused-ring (bicyclic) bond motifs is 2. The van der Waals surface area contributed by atoms with E-state index in [1.165, 1.54) is 18.3 Å². The van der Waals surface area contributed by atoms with Crippen LogP contribution in [0.25, 0.3) is 10.2 Å². The molecule has 0 aliphatic carbocycles. The molecule has 1 unspecified atom stereocenters. The average molecular weight is 644 g/mol. The quantitative estimate of drug-likeness (QED) is 0.226. The molecule has 3 aromatic rings. The zero-order valence-electron chi connectivity index (χ0n) is 25.5. The van der Waals surface area contributed by atoms with E-state index in [0.717, 1.165) is 22.2 Å². The molecule has 1 saturated heterocycles. The van der Waals surface area contributed by atoms with Crippen molar-refractivity contribution in [2.75, 3.05) is 64.4 Å². The number of sulfonamides is 1. The summed E-state index contributed by atoms with van der Waals surface area (Å²) in [4.78, 5) is 33.6. The molecule has 0 bridgehead atoms. The van der Waals surface area contributed by atoms with Crippen molar-refractivity contribution in [3.05, 3.63) is 53.0 Å². The fourth-order valence-corrected chi connectivity index (χ4v) is 8.05. The minimum absolute atomic E-state index is 0.00629. The zero-order valence-corrected chi connectivity index (χ0v) is 27.1. The number of hydrogen-bond donors (Lipinski definition) is 2. The minimum atomic E-state index is -4.05. The predicted molar refractivity (Wildman–Crippen MR) is 170 cm³/mol. The monoisotopic (exact) mass is 643 g/mol. The Morgan fingerprint density at radius 2 is 1.84 bits per heavy atom. The van der Waals surface area contributed by atoms with Gasteiger partial charge in [-0.2, -0.15) is 4.72 Å². The van der Waals surface area contributed by atoms with Gasteiger partial charge in [-0.1, -0.05) is 38.1 Å². The van der Waals surface area contributed by atoms with Crippen molar-refractivity contribution in [3.8, 4) is 0 Å². The summed E-state index contributed by atoms with van der Waals surface area (Å²) >= 11 is 1.47. The molecular formula is C31H41N5O6S2. The van der Waals surface area contributed by atoms with Gasteiger partial charge in [0.1, 0.15) is 17.5 Å². The van der Waals surface area contributed by atoms with Gasteiger partial charge in [0.25, 0.3) is 0 Å². The minimum Gasteiger partial charge on any atom is -0.463 e. The fraction of sp³-hybridized carbons (Fsp3) is 0.516. The number of benzene rings is 2. The van der Waals surface area contributed by atoms with E-state index in [0.29, 0.717) is 63.2 Å². The third-order valence-corrected chi connectivity index (χ3v) is 10.5. The van der Waals surface area contributed by atoms with Crippen LogP contribution in [0.2, 0.25) is 0 Å². The molecule has 2 aliphatic rings. The van der Waals surface area contributed by atoms with Crippen molar-refractivity contribution in [2.24, 2.45) is 5.41 Å². The maximum absolute atomic E-state index is 14.0. The van der Waals surface area contributed by atoms with E-state index in [1.807, 2.05) is 30.3 Å². The SMILES string of the molecule is CC(=O)OCCOCCN1CCN(C(=O)C(Cc2nc3ccccc3s2)NS(=O)(=O)c2cccc3c2NCC(C)(C)C3)CC1. The Morgan fingerprint density at radius 1 is 1.07 bits per heavy atom. The number of para-hydroxylation sites is 2. The van der Waals surface area contributed by atoms with Crippen LogP contribution in [0.5, 0.6) is 0 Å². The predicted octanol–water partition coefficient (Wildman–Crippen LogP) is 2.90. The zero-order chi connectivity index (χ0) is 31.3. The van der Waals surface area contributed by atoms with Crippen molar-refractivity contribution < 1.29 is 27.5 Å². The van der Waals surface area contributed by atoms with Crippen molar-refractivity contribution in [3.63, 3.8) is 0 Å². The number of piperazine rings is 1. The van der Waals surface area contributed by atoms with Gasteiger partial charge in [-0.3, -0.25) is 14.5 Å². The molecule has 2 aromatic carbocycles. The summed E-state index contributed by atoms with van der Waals surface area (Å²) in [6.07, 6.45) is 0.914. The number of rotatable bonds is 12. The van der Waals surface area contributed by atoms with Gasteiger partial charge in [-0.25, -0.2) is 13.4 Å². The van der Waals surface area contributed by atoms with Crippen LogP contribution in [0.15, 0.2) is 47.4 Å². The number of nitrogens with zero attached hydrogens (tertiary/aromatic N) is 3. The smallest absolute Gasteiger partial charge is 0.302 e. The number of nitrogens with one attached hydrogen (secondary N) is 2. The molecule has 2 aliphatic heterocycles. The first-order valence-electron chi connectivity index (χ1n) is 15.0. The van der Waals surface area contributed by atoms with E-state index in [1.54, 1.807) is 17.0 Å². The molecule has 11 nitrogen and oxygen atoms in total. The van der Waals surface area contributed by atoms with E-state index in [4.69, 9.17) is 14.5 Å². The molecule has 2 N–H and O–H groups in total. The average Bonchev–Trinajstić information content (AvgIpc) is 3.40. The maximum atomic E-state index is 14.0. The Balaban J connectivity index is 1.28. The van der Waals surface area contributed by atoms with Crippen LogP contribution in [0, 0.1) is 5.41 Å². The molecular weight excluding hydrogens is 603 g/mol. The Labute approximate surface area is 263 Å². The molecule has 13 heteroatoms. The number of carbonyl (C=O) groups excluding carboxylic acids is 2. The lowest BCUT2D eigenvalue weighted by molar-refractivity contribution is -0.142. The molecule has 0 saturated carbocycles. The molecule has 1 amide bonds. The lowest BCUT2D eigenvalue weighted by Gasteiger charge is -2.36. The highest BCUT2D eigenvalue weighted by Gasteiger charge is 2.35. The Hall–Kier alpha value is -3.10. The third kappa shape index (κ3) is 8.13. The number of thiazole rings is 1. The molecule has 5 rings (SSSR count). The summed E-state index contributed by atoms with van der Waals surface area (Å²) in [6, 6.07) is 12.0. The van der Waals surface area contributed by atoms with Crippen molar-refractivity contribution >= 4 is 49.1 Å². The van der Waals surface area contributed by atoms with Gasteiger partial charge in [-0.15, -0.1) is 11.3 Å². The van der Waals surface area contributed by atoms with Crippen molar-refractivity contribution in [2.45, 2.75) is 44.6 Å². The Kier molecular flexibility index (Phi) is 10.2. The van der Waals surface area contributed by atoms with Crippen LogP contribution in [0.4, 0.5) is 5.69 Å².